The molecule has 0 aliphatic carbocycles. The van der Waals surface area contributed by atoms with Crippen LogP contribution in [0, 0.1) is 0 Å². The van der Waals surface area contributed by atoms with Gasteiger partial charge in [0.1, 0.15) is 5.56 Å². The number of tetrazole rings is 1. The summed E-state index contributed by atoms with van der Waals surface area (Å²) in [5.41, 5.74) is 5.11. The third-order valence-corrected chi connectivity index (χ3v) is 5.83. The molecule has 2 N–H and O–H groups in total. The zero-order valence-electron chi connectivity index (χ0n) is 19.7. The van der Waals surface area contributed by atoms with E-state index in [2.05, 4.69) is 61.8 Å². The highest BCUT2D eigenvalue weighted by Crippen LogP contribution is 2.31. The largest absolute Gasteiger partial charge is 0.477 e. The molecule has 0 spiro atoms. The summed E-state index contributed by atoms with van der Waals surface area (Å²) in [7, 11) is 0. The van der Waals surface area contributed by atoms with Crippen LogP contribution in [0.4, 0.5) is 5.82 Å². The fourth-order valence-corrected chi connectivity index (χ4v) is 4.29. The van der Waals surface area contributed by atoms with Gasteiger partial charge in [-0.05, 0) is 41.7 Å². The van der Waals surface area contributed by atoms with Crippen LogP contribution in [0.2, 0.25) is 0 Å². The molecule has 0 unspecified atom stereocenters. The number of hydrogen-bond acceptors (Lipinski definition) is 6. The molecule has 0 aliphatic heterocycles. The number of aryl methyl sites for hydroxylation is 1. The number of benzene rings is 2. The topological polar surface area (TPSA) is 113 Å². The summed E-state index contributed by atoms with van der Waals surface area (Å²) < 4.78 is 1.80. The Balaban J connectivity index is 1.64. The number of nitrogens with zero attached hydrogens (tertiary/aromatic N) is 6. The van der Waals surface area contributed by atoms with Crippen LogP contribution >= 0.6 is 0 Å². The average Bonchev–Trinajstić information content (AvgIpc) is 3.52. The summed E-state index contributed by atoms with van der Waals surface area (Å²) in [5.74, 6) is 0.161. The number of hydrogen-bond donors (Lipinski definition) is 2. The highest BCUT2D eigenvalue weighted by molar-refractivity contribution is 5.95. The molecule has 4 rings (SSSR count). The van der Waals surface area contributed by atoms with Crippen molar-refractivity contribution in [2.45, 2.75) is 46.7 Å². The van der Waals surface area contributed by atoms with E-state index in [9.17, 15) is 9.90 Å². The van der Waals surface area contributed by atoms with Crippen LogP contribution in [-0.2, 0) is 19.5 Å². The van der Waals surface area contributed by atoms with Crippen LogP contribution in [0.5, 0.6) is 0 Å². The van der Waals surface area contributed by atoms with Crippen LogP contribution in [0.1, 0.15) is 48.8 Å². The molecule has 0 bridgehead atoms. The Hall–Kier alpha value is -4.01. The Bertz CT molecular complexity index is 1250. The molecular formula is C25H29N7O2. The predicted octanol–water partition coefficient (Wildman–Crippen LogP) is 4.43. The number of carbonyl (C=O) groups is 1. The summed E-state index contributed by atoms with van der Waals surface area (Å²) in [4.78, 5) is 14.2. The standard InChI is InChI=1S/C25H29N7O2/c1-4-15-31(24-22(25(33)34)21(5-2)32(6-3)28-24)16-17-11-13-18(14-12-17)19-9-7-8-10-20(19)23-26-29-30-27-23/h7-14H,4-6,15-16H2,1-3H3,(H,33,34)(H,26,27,29,30). The van der Waals surface area contributed by atoms with Crippen molar-refractivity contribution in [3.05, 3.63) is 65.4 Å². The fourth-order valence-electron chi connectivity index (χ4n) is 4.29. The molecule has 0 saturated heterocycles. The first-order valence-electron chi connectivity index (χ1n) is 11.6. The Labute approximate surface area is 198 Å². The first-order valence-corrected chi connectivity index (χ1v) is 11.6. The number of aromatic carboxylic acids is 1. The molecule has 2 heterocycles. The molecule has 0 aliphatic rings. The predicted molar refractivity (Wildman–Crippen MR) is 131 cm³/mol. The minimum Gasteiger partial charge on any atom is -0.477 e. The Morgan fingerprint density at radius 2 is 1.79 bits per heavy atom. The maximum absolute atomic E-state index is 12.1. The molecule has 0 fully saturated rings. The van der Waals surface area contributed by atoms with Gasteiger partial charge in [-0.2, -0.15) is 10.3 Å². The van der Waals surface area contributed by atoms with Gasteiger partial charge in [0, 0.05) is 25.2 Å². The molecule has 2 aromatic heterocycles. The quantitative estimate of drug-likeness (QED) is 0.361. The highest BCUT2D eigenvalue weighted by Gasteiger charge is 2.25. The number of aromatic nitrogens is 6. The van der Waals surface area contributed by atoms with Gasteiger partial charge in [0.15, 0.2) is 5.82 Å². The van der Waals surface area contributed by atoms with E-state index in [1.54, 1.807) is 4.68 Å². The van der Waals surface area contributed by atoms with E-state index in [1.807, 2.05) is 38.1 Å². The van der Waals surface area contributed by atoms with Crippen molar-refractivity contribution < 1.29 is 9.90 Å². The van der Waals surface area contributed by atoms with Crippen LogP contribution in [0.25, 0.3) is 22.5 Å². The molecule has 4 aromatic rings. The molecule has 2 aromatic carbocycles. The SMILES string of the molecule is CCCN(Cc1ccc(-c2ccccc2-c2nn[nH]n2)cc1)c1nn(CC)c(CC)c1C(=O)O. The molecule has 0 atom stereocenters. The number of anilines is 1. The molecule has 176 valence electrons. The second-order valence-electron chi connectivity index (χ2n) is 8.02. The van der Waals surface area contributed by atoms with Crippen LogP contribution in [-0.4, -0.2) is 48.0 Å². The summed E-state index contributed by atoms with van der Waals surface area (Å²) in [5, 5.41) is 29.0. The van der Waals surface area contributed by atoms with E-state index in [4.69, 9.17) is 0 Å². The molecule has 0 saturated carbocycles. The van der Waals surface area contributed by atoms with Crippen molar-refractivity contribution in [1.82, 2.24) is 30.4 Å². The van der Waals surface area contributed by atoms with Gasteiger partial charge in [0.25, 0.3) is 0 Å². The van der Waals surface area contributed by atoms with Gasteiger partial charge in [-0.25, -0.2) is 4.79 Å². The van der Waals surface area contributed by atoms with E-state index in [0.717, 1.165) is 34.4 Å². The number of carboxylic acids is 1. The molecule has 0 amide bonds. The fraction of sp³-hybridized carbons (Fsp3) is 0.320. The molecular weight excluding hydrogens is 430 g/mol. The lowest BCUT2D eigenvalue weighted by Gasteiger charge is -2.23. The van der Waals surface area contributed by atoms with E-state index in [1.165, 1.54) is 0 Å². The van der Waals surface area contributed by atoms with Crippen molar-refractivity contribution >= 4 is 11.8 Å². The maximum Gasteiger partial charge on any atom is 0.341 e. The molecule has 34 heavy (non-hydrogen) atoms. The van der Waals surface area contributed by atoms with Crippen molar-refractivity contribution in [1.29, 1.82) is 0 Å². The van der Waals surface area contributed by atoms with Gasteiger partial charge in [-0.15, -0.1) is 10.2 Å². The van der Waals surface area contributed by atoms with Gasteiger partial charge in [0.2, 0.25) is 5.82 Å². The minimum atomic E-state index is -0.930. The molecule has 0 radical (unpaired) electrons. The van der Waals surface area contributed by atoms with Crippen LogP contribution < -0.4 is 4.90 Å². The smallest absolute Gasteiger partial charge is 0.341 e. The van der Waals surface area contributed by atoms with Crippen molar-refractivity contribution in [2.24, 2.45) is 0 Å². The number of H-pyrrole nitrogens is 1. The third kappa shape index (κ3) is 4.54. The number of carboxylic acid groups (broad SMARTS) is 1. The lowest BCUT2D eigenvalue weighted by Crippen LogP contribution is -2.26. The number of rotatable bonds is 10. The summed E-state index contributed by atoms with van der Waals surface area (Å²) in [6, 6.07) is 16.2. The van der Waals surface area contributed by atoms with Crippen molar-refractivity contribution in [2.75, 3.05) is 11.4 Å². The Morgan fingerprint density at radius 3 is 2.38 bits per heavy atom. The Morgan fingerprint density at radius 1 is 1.06 bits per heavy atom. The van der Waals surface area contributed by atoms with Crippen LogP contribution in [0.3, 0.4) is 0 Å². The van der Waals surface area contributed by atoms with Gasteiger partial charge < -0.3 is 10.0 Å². The van der Waals surface area contributed by atoms with Gasteiger partial charge in [-0.1, -0.05) is 62.4 Å². The zero-order valence-corrected chi connectivity index (χ0v) is 19.7. The molecule has 9 heteroatoms. The minimum absolute atomic E-state index is 0.309. The van der Waals surface area contributed by atoms with Gasteiger partial charge in [0.05, 0.1) is 5.69 Å². The molecule has 9 nitrogen and oxygen atoms in total. The van der Waals surface area contributed by atoms with Crippen molar-refractivity contribution in [3.8, 4) is 22.5 Å². The van der Waals surface area contributed by atoms with E-state index in [0.29, 0.717) is 43.3 Å². The van der Waals surface area contributed by atoms with E-state index >= 15 is 0 Å². The second-order valence-corrected chi connectivity index (χ2v) is 8.02. The summed E-state index contributed by atoms with van der Waals surface area (Å²) in [6.45, 7) is 7.96. The summed E-state index contributed by atoms with van der Waals surface area (Å²) >= 11 is 0. The summed E-state index contributed by atoms with van der Waals surface area (Å²) in [6.07, 6.45) is 1.51. The maximum atomic E-state index is 12.1. The normalized spacial score (nSPS) is 11.0. The Kier molecular flexibility index (Phi) is 7.01. The van der Waals surface area contributed by atoms with Gasteiger partial charge >= 0.3 is 5.97 Å². The first-order chi connectivity index (χ1) is 16.6. The second kappa shape index (κ2) is 10.3. The lowest BCUT2D eigenvalue weighted by atomic mass is 9.98. The number of nitrogens with one attached hydrogen (secondary N) is 1. The highest BCUT2D eigenvalue weighted by atomic mass is 16.4. The van der Waals surface area contributed by atoms with Crippen LogP contribution in [0.15, 0.2) is 48.5 Å². The van der Waals surface area contributed by atoms with E-state index < -0.39 is 5.97 Å². The zero-order chi connectivity index (χ0) is 24.1. The monoisotopic (exact) mass is 459 g/mol. The van der Waals surface area contributed by atoms with Gasteiger partial charge in [-0.3, -0.25) is 4.68 Å². The average molecular weight is 460 g/mol. The third-order valence-electron chi connectivity index (χ3n) is 5.83. The van der Waals surface area contributed by atoms with Crippen molar-refractivity contribution in [3.63, 3.8) is 0 Å². The lowest BCUT2D eigenvalue weighted by molar-refractivity contribution is 0.0696. The first kappa shape index (κ1) is 23.2. The number of aromatic amines is 1. The van der Waals surface area contributed by atoms with E-state index in [-0.39, 0.29) is 0 Å².